The Balaban J connectivity index is -0.000000326. The van der Waals surface area contributed by atoms with E-state index in [9.17, 15) is 44.8 Å². The highest BCUT2D eigenvalue weighted by Gasteiger charge is 2.12. The van der Waals surface area contributed by atoms with E-state index in [2.05, 4.69) is 13.8 Å². The number of carboxylic acid groups (broad SMARTS) is 3. The highest BCUT2D eigenvalue weighted by molar-refractivity contribution is 7.91. The number of ketones is 1. The van der Waals surface area contributed by atoms with Crippen molar-refractivity contribution in [1.29, 1.82) is 0 Å². The minimum atomic E-state index is -3.41. The van der Waals surface area contributed by atoms with Gasteiger partial charge in [0.25, 0.3) is 0 Å². The predicted octanol–water partition coefficient (Wildman–Crippen LogP) is 7.58. The van der Waals surface area contributed by atoms with Crippen molar-refractivity contribution in [2.75, 3.05) is 25.7 Å². The minimum absolute atomic E-state index is 0. The fourth-order valence-electron chi connectivity index (χ4n) is 3.44. The first-order valence-electron chi connectivity index (χ1n) is 15.9. The van der Waals surface area contributed by atoms with Gasteiger partial charge in [-0.15, -0.1) is 0 Å². The van der Waals surface area contributed by atoms with Crippen molar-refractivity contribution in [3.05, 3.63) is 72.3 Å². The molecule has 0 fully saturated rings. The smallest absolute Gasteiger partial charge is 0.328 e. The summed E-state index contributed by atoms with van der Waals surface area (Å²) in [7, 11) is -6.81. The Morgan fingerprint density at radius 3 is 1.13 bits per heavy atom. The van der Waals surface area contributed by atoms with Gasteiger partial charge < -0.3 is 24.8 Å². The van der Waals surface area contributed by atoms with E-state index in [0.29, 0.717) is 25.4 Å². The molecule has 2 aromatic carbocycles. The number of ether oxygens (including phenoxy) is 2. The summed E-state index contributed by atoms with van der Waals surface area (Å²) in [5.74, 6) is -4.52. The number of halogens is 2. The summed E-state index contributed by atoms with van der Waals surface area (Å²) in [6, 6.07) is 7.12. The largest absolute Gasteiger partial charge is 0.493 e. The maximum absolute atomic E-state index is 13.2. The fourth-order valence-corrected chi connectivity index (χ4v) is 4.75. The van der Waals surface area contributed by atoms with Gasteiger partial charge in [0.2, 0.25) is 0 Å². The van der Waals surface area contributed by atoms with E-state index in [4.69, 9.17) is 24.8 Å². The van der Waals surface area contributed by atoms with Crippen molar-refractivity contribution >= 4 is 43.4 Å². The minimum Gasteiger partial charge on any atom is -0.493 e. The lowest BCUT2D eigenvalue weighted by Crippen LogP contribution is -2.01. The molecule has 0 amide bonds. The number of allylic oxidation sites excluding steroid dienone is 1. The first-order chi connectivity index (χ1) is 24.1. The molecule has 54 heavy (non-hydrogen) atoms. The van der Waals surface area contributed by atoms with E-state index in [1.54, 1.807) is 0 Å². The van der Waals surface area contributed by atoms with Crippen molar-refractivity contribution in [2.45, 2.75) is 96.8 Å². The normalized spacial score (nSPS) is 10.5. The topological polar surface area (TPSA) is 216 Å². The molecule has 308 valence electrons. The number of hydrogen-bond donors (Lipinski definition) is 3. The van der Waals surface area contributed by atoms with Crippen LogP contribution in [0.5, 0.6) is 11.5 Å². The third-order valence-corrected chi connectivity index (χ3v) is 8.09. The molecular weight excluding hydrogens is 755 g/mol. The number of carbonyl (C=O) groups excluding carboxylic acids is 1. The van der Waals surface area contributed by atoms with Crippen LogP contribution in [0.2, 0.25) is 0 Å². The van der Waals surface area contributed by atoms with E-state index in [1.165, 1.54) is 31.2 Å². The summed E-state index contributed by atoms with van der Waals surface area (Å²) < 4.78 is 82.5. The SMILES string of the molecule is C.C.CC(=O)/C=C/C(=O)O.CCCCCCOc1cc(F)cc(S(C)(=O)=O)c1.CCCCCCOc1cc(F)cc(S(C)(=O)=O)c1.O=C(O)/C=C/C(=O)O. The van der Waals surface area contributed by atoms with E-state index in [1.807, 2.05) is 0 Å². The Labute approximate surface area is 318 Å². The molecule has 2 aromatic rings. The zero-order chi connectivity index (χ0) is 40.3. The van der Waals surface area contributed by atoms with Gasteiger partial charge in [-0.2, -0.15) is 0 Å². The number of unbranched alkanes of at least 4 members (excludes halogenated alkanes) is 6. The molecule has 0 aliphatic rings. The van der Waals surface area contributed by atoms with Crippen LogP contribution >= 0.6 is 0 Å². The molecular formula is C37H56F2O13S2. The molecule has 0 radical (unpaired) electrons. The zero-order valence-corrected chi connectivity index (χ0v) is 31.5. The van der Waals surface area contributed by atoms with Crippen LogP contribution in [-0.2, 0) is 38.9 Å². The van der Waals surface area contributed by atoms with Gasteiger partial charge in [0.05, 0.1) is 23.0 Å². The van der Waals surface area contributed by atoms with Gasteiger partial charge >= 0.3 is 17.9 Å². The number of sulfone groups is 2. The van der Waals surface area contributed by atoms with Crippen molar-refractivity contribution in [3.63, 3.8) is 0 Å². The second-order valence-electron chi connectivity index (χ2n) is 10.9. The lowest BCUT2D eigenvalue weighted by molar-refractivity contribution is -0.134. The summed E-state index contributed by atoms with van der Waals surface area (Å²) in [6.45, 7) is 6.48. The maximum Gasteiger partial charge on any atom is 0.328 e. The van der Waals surface area contributed by atoms with Crippen molar-refractivity contribution < 1.29 is 69.6 Å². The Kier molecular flexibility index (Phi) is 32.0. The van der Waals surface area contributed by atoms with Gasteiger partial charge in [0.1, 0.15) is 23.1 Å². The molecule has 3 N–H and O–H groups in total. The summed E-state index contributed by atoms with van der Waals surface area (Å²) >= 11 is 0. The average Bonchev–Trinajstić information content (AvgIpc) is 3.02. The Bertz CT molecular complexity index is 1550. The van der Waals surface area contributed by atoms with Gasteiger partial charge in [-0.05, 0) is 50.1 Å². The lowest BCUT2D eigenvalue weighted by Gasteiger charge is -2.07. The van der Waals surface area contributed by atoms with Crippen LogP contribution in [0.25, 0.3) is 0 Å². The monoisotopic (exact) mass is 810 g/mol. The van der Waals surface area contributed by atoms with E-state index in [-0.39, 0.29) is 41.9 Å². The zero-order valence-electron chi connectivity index (χ0n) is 29.8. The van der Waals surface area contributed by atoms with Gasteiger partial charge in [-0.3, -0.25) is 4.79 Å². The lowest BCUT2D eigenvalue weighted by atomic mass is 10.2. The maximum atomic E-state index is 13.2. The van der Waals surface area contributed by atoms with Crippen LogP contribution in [-0.4, -0.2) is 81.6 Å². The first-order valence-corrected chi connectivity index (χ1v) is 19.7. The summed E-state index contributed by atoms with van der Waals surface area (Å²) in [5, 5.41) is 23.5. The van der Waals surface area contributed by atoms with E-state index in [0.717, 1.165) is 88.2 Å². The third kappa shape index (κ3) is 33.2. The number of benzene rings is 2. The Morgan fingerprint density at radius 1 is 0.574 bits per heavy atom. The number of rotatable bonds is 18. The molecule has 0 spiro atoms. The highest BCUT2D eigenvalue weighted by Crippen LogP contribution is 2.21. The molecule has 0 aromatic heterocycles. The van der Waals surface area contributed by atoms with Crippen LogP contribution in [0, 0.1) is 11.6 Å². The molecule has 0 bridgehead atoms. The highest BCUT2D eigenvalue weighted by atomic mass is 32.2. The number of hydrogen-bond acceptors (Lipinski definition) is 10. The molecule has 13 nitrogen and oxygen atoms in total. The van der Waals surface area contributed by atoms with Crippen LogP contribution in [0.3, 0.4) is 0 Å². The van der Waals surface area contributed by atoms with E-state index >= 15 is 0 Å². The summed E-state index contributed by atoms with van der Waals surface area (Å²) in [4.78, 5) is 38.7. The third-order valence-electron chi connectivity index (χ3n) is 5.91. The van der Waals surface area contributed by atoms with Gasteiger partial charge in [0.15, 0.2) is 25.5 Å². The van der Waals surface area contributed by atoms with Crippen LogP contribution in [0.1, 0.15) is 87.0 Å². The molecule has 0 aliphatic heterocycles. The van der Waals surface area contributed by atoms with Crippen LogP contribution in [0.15, 0.2) is 70.5 Å². The fraction of sp³-hybridized carbons (Fsp3) is 0.459. The average molecular weight is 811 g/mol. The van der Waals surface area contributed by atoms with Crippen LogP contribution in [0.4, 0.5) is 8.78 Å². The number of aliphatic carboxylic acids is 3. The molecule has 0 aliphatic carbocycles. The number of carboxylic acids is 3. The second kappa shape index (κ2) is 30.8. The molecule has 0 atom stereocenters. The Hall–Kier alpha value is -4.64. The van der Waals surface area contributed by atoms with Crippen molar-refractivity contribution in [2.24, 2.45) is 0 Å². The van der Waals surface area contributed by atoms with Crippen molar-refractivity contribution in [3.8, 4) is 11.5 Å². The van der Waals surface area contributed by atoms with Gasteiger partial charge in [0, 0.05) is 42.9 Å². The Morgan fingerprint density at radius 2 is 0.889 bits per heavy atom. The molecule has 2 rings (SSSR count). The molecule has 0 saturated heterocycles. The molecule has 0 saturated carbocycles. The predicted molar refractivity (Wildman–Crippen MR) is 204 cm³/mol. The standard InChI is InChI=1S/2C13H19FO3S.C5H6O3.C4H4O4.2CH4/c2*1-3-4-5-6-7-17-12-8-11(14)9-13(10-12)18(2,15)16;1-4(6)2-3-5(7)8;5-3(6)1-2-4(7)8;;/h2*8-10H,3-7H2,1-2H3;2-3H,1H3,(H,7,8);1-2H,(H,5,6)(H,7,8);2*1H4/b;;3-2+;2-1+;;. The second-order valence-corrected chi connectivity index (χ2v) is 14.9. The molecule has 0 heterocycles. The number of carbonyl (C=O) groups is 4. The van der Waals surface area contributed by atoms with Crippen LogP contribution < -0.4 is 9.47 Å². The first kappa shape index (κ1) is 56.1. The van der Waals surface area contributed by atoms with Crippen molar-refractivity contribution in [1.82, 2.24) is 0 Å². The summed E-state index contributed by atoms with van der Waals surface area (Å²) in [5.41, 5.74) is 0. The van der Waals surface area contributed by atoms with E-state index < -0.39 is 49.2 Å². The van der Waals surface area contributed by atoms with Gasteiger partial charge in [-0.1, -0.05) is 67.2 Å². The quantitative estimate of drug-likeness (QED) is 0.0979. The molecule has 0 unspecified atom stereocenters. The van der Waals surface area contributed by atoms with Gasteiger partial charge in [-0.25, -0.2) is 40.0 Å². The molecule has 17 heteroatoms. The summed E-state index contributed by atoms with van der Waals surface area (Å²) in [6.07, 6.45) is 13.5.